The highest BCUT2D eigenvalue weighted by Crippen LogP contribution is 2.14. The van der Waals surface area contributed by atoms with Crippen molar-refractivity contribution >= 4 is 11.8 Å². The molecule has 2 heterocycles. The second kappa shape index (κ2) is 8.14. The van der Waals surface area contributed by atoms with Crippen molar-refractivity contribution < 1.29 is 9.59 Å². The van der Waals surface area contributed by atoms with Gasteiger partial charge in [0.05, 0.1) is 25.3 Å². The van der Waals surface area contributed by atoms with Crippen LogP contribution in [0.3, 0.4) is 0 Å². The summed E-state index contributed by atoms with van der Waals surface area (Å²) in [4.78, 5) is 25.4. The van der Waals surface area contributed by atoms with Gasteiger partial charge in [0.15, 0.2) is 0 Å². The fraction of sp³-hybridized carbons (Fsp3) is 0.421. The van der Waals surface area contributed by atoms with E-state index >= 15 is 0 Å². The quantitative estimate of drug-likeness (QED) is 0.795. The maximum Gasteiger partial charge on any atom is 0.234 e. The monoisotopic (exact) mass is 355 g/mol. The molecule has 3 rings (SSSR count). The number of hydrogen-bond donors (Lipinski definition) is 2. The molecule has 0 bridgehead atoms. The van der Waals surface area contributed by atoms with E-state index in [0.29, 0.717) is 26.2 Å². The SMILES string of the molecule is Cc1nn(Cc2ccccc2)c(C)c1CNC(=O)CN1CCNC(=O)C1. The van der Waals surface area contributed by atoms with Crippen LogP contribution in [0.1, 0.15) is 22.5 Å². The van der Waals surface area contributed by atoms with Gasteiger partial charge in [0, 0.05) is 30.9 Å². The Kier molecular flexibility index (Phi) is 5.68. The molecule has 0 unspecified atom stereocenters. The van der Waals surface area contributed by atoms with Crippen molar-refractivity contribution in [2.24, 2.45) is 0 Å². The van der Waals surface area contributed by atoms with Crippen LogP contribution in [0.5, 0.6) is 0 Å². The van der Waals surface area contributed by atoms with Crippen LogP contribution in [-0.4, -0.2) is 52.7 Å². The van der Waals surface area contributed by atoms with Crippen LogP contribution in [0, 0.1) is 13.8 Å². The normalized spacial score (nSPS) is 14.9. The Morgan fingerprint density at radius 2 is 2.04 bits per heavy atom. The number of amides is 2. The zero-order chi connectivity index (χ0) is 18.5. The number of aromatic nitrogens is 2. The number of carbonyl (C=O) groups is 2. The molecule has 138 valence electrons. The Hall–Kier alpha value is -2.67. The average molecular weight is 355 g/mol. The minimum Gasteiger partial charge on any atom is -0.354 e. The predicted octanol–water partition coefficient (Wildman–Crippen LogP) is 0.596. The number of nitrogens with one attached hydrogen (secondary N) is 2. The molecule has 1 saturated heterocycles. The highest BCUT2D eigenvalue weighted by atomic mass is 16.2. The third-order valence-corrected chi connectivity index (χ3v) is 4.65. The largest absolute Gasteiger partial charge is 0.354 e. The number of nitrogens with zero attached hydrogens (tertiary/aromatic N) is 3. The van der Waals surface area contributed by atoms with Crippen LogP contribution in [0.25, 0.3) is 0 Å². The van der Waals surface area contributed by atoms with E-state index in [0.717, 1.165) is 17.0 Å². The zero-order valence-corrected chi connectivity index (χ0v) is 15.3. The maximum atomic E-state index is 12.2. The molecule has 1 aromatic heterocycles. The second-order valence-corrected chi connectivity index (χ2v) is 6.63. The number of rotatable bonds is 6. The van der Waals surface area contributed by atoms with Crippen molar-refractivity contribution in [3.8, 4) is 0 Å². The maximum absolute atomic E-state index is 12.2. The molecule has 26 heavy (non-hydrogen) atoms. The van der Waals surface area contributed by atoms with Crippen LogP contribution < -0.4 is 10.6 Å². The van der Waals surface area contributed by atoms with Gasteiger partial charge in [0.25, 0.3) is 0 Å². The van der Waals surface area contributed by atoms with Crippen molar-refractivity contribution in [2.45, 2.75) is 26.9 Å². The van der Waals surface area contributed by atoms with Gasteiger partial charge in [-0.3, -0.25) is 19.2 Å². The van der Waals surface area contributed by atoms with E-state index in [1.54, 1.807) is 0 Å². The molecule has 2 aromatic rings. The van der Waals surface area contributed by atoms with Gasteiger partial charge in [-0.25, -0.2) is 0 Å². The molecule has 1 fully saturated rings. The Morgan fingerprint density at radius 1 is 1.27 bits per heavy atom. The van der Waals surface area contributed by atoms with Gasteiger partial charge in [0.2, 0.25) is 11.8 Å². The highest BCUT2D eigenvalue weighted by Gasteiger charge is 2.19. The predicted molar refractivity (Wildman–Crippen MR) is 98.5 cm³/mol. The minimum atomic E-state index is -0.0747. The molecule has 0 atom stereocenters. The van der Waals surface area contributed by atoms with Gasteiger partial charge in [-0.2, -0.15) is 5.10 Å². The molecule has 0 saturated carbocycles. The van der Waals surface area contributed by atoms with E-state index in [1.165, 1.54) is 5.56 Å². The van der Waals surface area contributed by atoms with Gasteiger partial charge >= 0.3 is 0 Å². The summed E-state index contributed by atoms with van der Waals surface area (Å²) < 4.78 is 1.97. The summed E-state index contributed by atoms with van der Waals surface area (Å²) in [5.74, 6) is -0.104. The molecule has 7 heteroatoms. The number of benzene rings is 1. The lowest BCUT2D eigenvalue weighted by atomic mass is 10.2. The fourth-order valence-electron chi connectivity index (χ4n) is 3.17. The highest BCUT2D eigenvalue weighted by molar-refractivity contribution is 5.81. The molecule has 2 N–H and O–H groups in total. The van der Waals surface area contributed by atoms with Crippen LogP contribution in [0.2, 0.25) is 0 Å². The van der Waals surface area contributed by atoms with Gasteiger partial charge in [0.1, 0.15) is 0 Å². The molecule has 0 radical (unpaired) electrons. The molecular formula is C19H25N5O2. The summed E-state index contributed by atoms with van der Waals surface area (Å²) in [5.41, 5.74) is 4.22. The van der Waals surface area contributed by atoms with Crippen LogP contribution in [-0.2, 0) is 22.7 Å². The molecule has 1 aromatic carbocycles. The molecule has 7 nitrogen and oxygen atoms in total. The first kappa shape index (κ1) is 18.1. The third kappa shape index (κ3) is 4.49. The van der Waals surface area contributed by atoms with Crippen molar-refractivity contribution in [1.82, 2.24) is 25.3 Å². The Morgan fingerprint density at radius 3 is 2.77 bits per heavy atom. The number of hydrogen-bond acceptors (Lipinski definition) is 4. The summed E-state index contributed by atoms with van der Waals surface area (Å²) in [6, 6.07) is 10.2. The second-order valence-electron chi connectivity index (χ2n) is 6.63. The zero-order valence-electron chi connectivity index (χ0n) is 15.3. The molecule has 1 aliphatic rings. The Bertz CT molecular complexity index is 785. The van der Waals surface area contributed by atoms with Crippen molar-refractivity contribution in [1.29, 1.82) is 0 Å². The summed E-state index contributed by atoms with van der Waals surface area (Å²) in [6.07, 6.45) is 0. The standard InChI is InChI=1S/C19H25N5O2/c1-14-17(10-21-19(26)13-23-9-8-20-18(25)12-23)15(2)24(22-14)11-16-6-4-3-5-7-16/h3-7H,8-13H2,1-2H3,(H,20,25)(H,21,26). The topological polar surface area (TPSA) is 79.3 Å². The van der Waals surface area contributed by atoms with E-state index < -0.39 is 0 Å². The molecule has 0 spiro atoms. The van der Waals surface area contributed by atoms with E-state index in [4.69, 9.17) is 0 Å². The Labute approximate surface area is 153 Å². The van der Waals surface area contributed by atoms with Crippen LogP contribution in [0.4, 0.5) is 0 Å². The average Bonchev–Trinajstić information content (AvgIpc) is 2.87. The number of aryl methyl sites for hydroxylation is 1. The smallest absolute Gasteiger partial charge is 0.234 e. The van der Waals surface area contributed by atoms with E-state index in [2.05, 4.69) is 27.9 Å². The van der Waals surface area contributed by atoms with Crippen LogP contribution in [0.15, 0.2) is 30.3 Å². The van der Waals surface area contributed by atoms with E-state index in [1.807, 2.05) is 41.6 Å². The number of piperazine rings is 1. The molecular weight excluding hydrogens is 330 g/mol. The first-order valence-electron chi connectivity index (χ1n) is 8.85. The van der Waals surface area contributed by atoms with Crippen molar-refractivity contribution in [3.63, 3.8) is 0 Å². The molecule has 1 aliphatic heterocycles. The van der Waals surface area contributed by atoms with Gasteiger partial charge in [-0.05, 0) is 19.4 Å². The van der Waals surface area contributed by atoms with Crippen molar-refractivity contribution in [3.05, 3.63) is 52.8 Å². The Balaban J connectivity index is 1.57. The van der Waals surface area contributed by atoms with Gasteiger partial charge in [-0.15, -0.1) is 0 Å². The molecule has 0 aliphatic carbocycles. The van der Waals surface area contributed by atoms with Crippen LogP contribution >= 0.6 is 0 Å². The summed E-state index contributed by atoms with van der Waals surface area (Å²) in [6.45, 7) is 6.97. The van der Waals surface area contributed by atoms with Gasteiger partial charge < -0.3 is 10.6 Å². The van der Waals surface area contributed by atoms with E-state index in [-0.39, 0.29) is 24.9 Å². The first-order chi connectivity index (χ1) is 12.5. The number of carbonyl (C=O) groups excluding carboxylic acids is 2. The summed E-state index contributed by atoms with van der Waals surface area (Å²) in [5, 5.41) is 10.3. The van der Waals surface area contributed by atoms with E-state index in [9.17, 15) is 9.59 Å². The van der Waals surface area contributed by atoms with Crippen molar-refractivity contribution in [2.75, 3.05) is 26.2 Å². The third-order valence-electron chi connectivity index (χ3n) is 4.65. The lowest BCUT2D eigenvalue weighted by Gasteiger charge is -2.25. The molecule has 2 amide bonds. The fourth-order valence-corrected chi connectivity index (χ4v) is 3.17. The van der Waals surface area contributed by atoms with Gasteiger partial charge in [-0.1, -0.05) is 30.3 Å². The summed E-state index contributed by atoms with van der Waals surface area (Å²) in [7, 11) is 0. The lowest BCUT2D eigenvalue weighted by molar-refractivity contribution is -0.127. The summed E-state index contributed by atoms with van der Waals surface area (Å²) >= 11 is 0. The lowest BCUT2D eigenvalue weighted by Crippen LogP contribution is -2.50. The first-order valence-corrected chi connectivity index (χ1v) is 8.85. The minimum absolute atomic E-state index is 0.0297.